The highest BCUT2D eigenvalue weighted by molar-refractivity contribution is 7.92. The van der Waals surface area contributed by atoms with Crippen LogP contribution in [0.4, 0.5) is 10.1 Å². The molecule has 1 aliphatic rings. The van der Waals surface area contributed by atoms with Gasteiger partial charge in [0.15, 0.2) is 0 Å². The Morgan fingerprint density at radius 2 is 1.88 bits per heavy atom. The maximum atomic E-state index is 13.0. The summed E-state index contributed by atoms with van der Waals surface area (Å²) >= 11 is 0. The van der Waals surface area contributed by atoms with E-state index in [1.54, 1.807) is 23.1 Å². The second-order valence-electron chi connectivity index (χ2n) is 6.04. The van der Waals surface area contributed by atoms with Crippen molar-refractivity contribution in [1.29, 1.82) is 0 Å². The summed E-state index contributed by atoms with van der Waals surface area (Å²) < 4.78 is 46.0. The average molecular weight is 378 g/mol. The Balaban J connectivity index is 1.87. The van der Waals surface area contributed by atoms with Crippen LogP contribution < -0.4 is 4.72 Å². The molecule has 0 aliphatic carbocycles. The Morgan fingerprint density at radius 3 is 2.58 bits per heavy atom. The molecule has 1 amide bonds. The molecular weight excluding hydrogens is 359 g/mol. The molecule has 26 heavy (non-hydrogen) atoms. The Hall–Kier alpha value is -2.45. The first-order valence-corrected chi connectivity index (χ1v) is 9.63. The summed E-state index contributed by atoms with van der Waals surface area (Å²) in [6.45, 7) is 3.21. The molecule has 6 nitrogen and oxygen atoms in total. The lowest BCUT2D eigenvalue weighted by atomic mass is 10.1. The van der Waals surface area contributed by atoms with Gasteiger partial charge in [-0.05, 0) is 43.3 Å². The van der Waals surface area contributed by atoms with Crippen LogP contribution in [0.3, 0.4) is 0 Å². The quantitative estimate of drug-likeness (QED) is 0.887. The lowest BCUT2D eigenvalue weighted by Crippen LogP contribution is -2.44. The number of nitrogens with zero attached hydrogens (tertiary/aromatic N) is 1. The molecule has 0 radical (unpaired) electrons. The van der Waals surface area contributed by atoms with Gasteiger partial charge in [0.25, 0.3) is 15.9 Å². The smallest absolute Gasteiger partial charge is 0.261 e. The fraction of sp³-hybridized carbons (Fsp3) is 0.278. The minimum absolute atomic E-state index is 0.0734. The second-order valence-corrected chi connectivity index (χ2v) is 7.72. The molecule has 1 N–H and O–H groups in total. The molecule has 1 unspecified atom stereocenters. The first-order valence-electron chi connectivity index (χ1n) is 8.15. The van der Waals surface area contributed by atoms with Crippen molar-refractivity contribution in [2.75, 3.05) is 24.4 Å². The van der Waals surface area contributed by atoms with Gasteiger partial charge in [-0.1, -0.05) is 12.1 Å². The SMILES string of the molecule is CC1CN(C(=O)c2ccccc2NS(=O)(=O)c2ccc(F)cc2)CCO1. The number of hydrogen-bond acceptors (Lipinski definition) is 4. The van der Waals surface area contributed by atoms with Gasteiger partial charge in [-0.2, -0.15) is 0 Å². The van der Waals surface area contributed by atoms with Gasteiger partial charge < -0.3 is 9.64 Å². The lowest BCUT2D eigenvalue weighted by Gasteiger charge is -2.31. The van der Waals surface area contributed by atoms with E-state index in [1.807, 2.05) is 6.92 Å². The molecule has 1 fully saturated rings. The number of carbonyl (C=O) groups is 1. The fourth-order valence-electron chi connectivity index (χ4n) is 2.75. The average Bonchev–Trinajstić information content (AvgIpc) is 2.62. The molecule has 0 bridgehead atoms. The highest BCUT2D eigenvalue weighted by Crippen LogP contribution is 2.22. The van der Waals surface area contributed by atoms with Crippen LogP contribution in [0, 0.1) is 5.82 Å². The van der Waals surface area contributed by atoms with E-state index in [-0.39, 0.29) is 28.2 Å². The zero-order valence-electron chi connectivity index (χ0n) is 14.2. The van der Waals surface area contributed by atoms with Crippen molar-refractivity contribution in [2.45, 2.75) is 17.9 Å². The molecule has 3 rings (SSSR count). The van der Waals surface area contributed by atoms with Crippen molar-refractivity contribution >= 4 is 21.6 Å². The van der Waals surface area contributed by atoms with Crippen molar-refractivity contribution in [1.82, 2.24) is 4.90 Å². The molecular formula is C18H19FN2O4S. The van der Waals surface area contributed by atoms with Crippen molar-refractivity contribution in [3.8, 4) is 0 Å². The summed E-state index contributed by atoms with van der Waals surface area (Å²) in [5.41, 5.74) is 0.438. The minimum atomic E-state index is -3.94. The summed E-state index contributed by atoms with van der Waals surface area (Å²) in [6, 6.07) is 10.9. The third-order valence-electron chi connectivity index (χ3n) is 4.05. The van der Waals surface area contributed by atoms with Crippen LogP contribution in [-0.2, 0) is 14.8 Å². The number of nitrogens with one attached hydrogen (secondary N) is 1. The number of ether oxygens (including phenoxy) is 1. The van der Waals surface area contributed by atoms with E-state index >= 15 is 0 Å². The molecule has 2 aromatic carbocycles. The number of hydrogen-bond donors (Lipinski definition) is 1. The number of halogens is 1. The Labute approximate surface area is 151 Å². The molecule has 1 saturated heterocycles. The molecule has 1 aliphatic heterocycles. The van der Waals surface area contributed by atoms with E-state index in [0.29, 0.717) is 19.7 Å². The van der Waals surface area contributed by atoms with E-state index in [2.05, 4.69) is 4.72 Å². The van der Waals surface area contributed by atoms with Crippen LogP contribution in [-0.4, -0.2) is 45.0 Å². The van der Waals surface area contributed by atoms with Gasteiger partial charge in [0.05, 0.1) is 28.9 Å². The number of amides is 1. The van der Waals surface area contributed by atoms with E-state index in [1.165, 1.54) is 18.2 Å². The molecule has 8 heteroatoms. The predicted octanol–water partition coefficient (Wildman–Crippen LogP) is 2.49. The van der Waals surface area contributed by atoms with E-state index in [9.17, 15) is 17.6 Å². The number of para-hydroxylation sites is 1. The van der Waals surface area contributed by atoms with E-state index < -0.39 is 15.8 Å². The minimum Gasteiger partial charge on any atom is -0.375 e. The van der Waals surface area contributed by atoms with Crippen LogP contribution >= 0.6 is 0 Å². The first kappa shape index (κ1) is 18.3. The second kappa shape index (κ2) is 7.43. The first-order chi connectivity index (χ1) is 12.4. The Bertz CT molecular complexity index is 900. The maximum Gasteiger partial charge on any atom is 0.261 e. The van der Waals surface area contributed by atoms with Crippen LogP contribution in [0.5, 0.6) is 0 Å². The molecule has 138 valence electrons. The number of benzene rings is 2. The Kier molecular flexibility index (Phi) is 5.24. The highest BCUT2D eigenvalue weighted by atomic mass is 32.2. The molecule has 0 saturated carbocycles. The van der Waals surface area contributed by atoms with Gasteiger partial charge in [-0.15, -0.1) is 0 Å². The van der Waals surface area contributed by atoms with Gasteiger partial charge in [0.2, 0.25) is 0 Å². The van der Waals surface area contributed by atoms with Gasteiger partial charge in [-0.25, -0.2) is 12.8 Å². The van der Waals surface area contributed by atoms with Gasteiger partial charge in [0, 0.05) is 13.1 Å². The molecule has 2 aromatic rings. The highest BCUT2D eigenvalue weighted by Gasteiger charge is 2.25. The summed E-state index contributed by atoms with van der Waals surface area (Å²) in [4.78, 5) is 14.4. The van der Waals surface area contributed by atoms with Crippen molar-refractivity contribution in [3.05, 3.63) is 59.9 Å². The largest absolute Gasteiger partial charge is 0.375 e. The third-order valence-corrected chi connectivity index (χ3v) is 5.44. The van der Waals surface area contributed by atoms with Crippen LogP contribution in [0.2, 0.25) is 0 Å². The van der Waals surface area contributed by atoms with Crippen LogP contribution in [0.25, 0.3) is 0 Å². The van der Waals surface area contributed by atoms with Crippen molar-refractivity contribution in [2.24, 2.45) is 0 Å². The maximum absolute atomic E-state index is 13.0. The third kappa shape index (κ3) is 4.03. The number of morpholine rings is 1. The zero-order chi connectivity index (χ0) is 18.7. The zero-order valence-corrected chi connectivity index (χ0v) is 15.0. The molecule has 1 heterocycles. The molecule has 0 aromatic heterocycles. The van der Waals surface area contributed by atoms with Gasteiger partial charge in [0.1, 0.15) is 5.82 Å². The fourth-order valence-corrected chi connectivity index (χ4v) is 3.83. The predicted molar refractivity (Wildman–Crippen MR) is 95.0 cm³/mol. The van der Waals surface area contributed by atoms with Crippen LogP contribution in [0.15, 0.2) is 53.4 Å². The van der Waals surface area contributed by atoms with E-state index in [0.717, 1.165) is 12.1 Å². The summed E-state index contributed by atoms with van der Waals surface area (Å²) in [7, 11) is -3.94. The summed E-state index contributed by atoms with van der Waals surface area (Å²) in [6.07, 6.45) is -0.0734. The number of carbonyl (C=O) groups excluding carboxylic acids is 1. The van der Waals surface area contributed by atoms with Gasteiger partial charge in [-0.3, -0.25) is 9.52 Å². The number of sulfonamides is 1. The topological polar surface area (TPSA) is 75.7 Å². The number of rotatable bonds is 4. The van der Waals surface area contributed by atoms with Crippen molar-refractivity contribution in [3.63, 3.8) is 0 Å². The molecule has 0 spiro atoms. The molecule has 1 atom stereocenters. The van der Waals surface area contributed by atoms with Crippen LogP contribution in [0.1, 0.15) is 17.3 Å². The monoisotopic (exact) mass is 378 g/mol. The Morgan fingerprint density at radius 1 is 1.19 bits per heavy atom. The summed E-state index contributed by atoms with van der Waals surface area (Å²) in [5, 5.41) is 0. The van der Waals surface area contributed by atoms with Gasteiger partial charge >= 0.3 is 0 Å². The number of anilines is 1. The van der Waals surface area contributed by atoms with E-state index in [4.69, 9.17) is 4.74 Å². The summed E-state index contributed by atoms with van der Waals surface area (Å²) in [5.74, 6) is -0.793. The standard InChI is InChI=1S/C18H19FN2O4S/c1-13-12-21(10-11-25-13)18(22)16-4-2-3-5-17(16)20-26(23,24)15-8-6-14(19)7-9-15/h2-9,13,20H,10-12H2,1H3. The normalized spacial score (nSPS) is 17.8. The van der Waals surface area contributed by atoms with Crippen molar-refractivity contribution < 1.29 is 22.3 Å². The lowest BCUT2D eigenvalue weighted by molar-refractivity contribution is -0.0123.